The second-order valence-corrected chi connectivity index (χ2v) is 4.17. The third kappa shape index (κ3) is 5.32. The fraction of sp³-hybridized carbons (Fsp3) is 0.462. The molecular weight excluding hydrogens is 254 g/mol. The number of carbonyl (C=O) groups is 1. The highest BCUT2D eigenvalue weighted by Crippen LogP contribution is 2.17. The van der Waals surface area contributed by atoms with Gasteiger partial charge in [0.05, 0.1) is 12.6 Å². The van der Waals surface area contributed by atoms with Gasteiger partial charge in [-0.25, -0.2) is 8.78 Å². The van der Waals surface area contributed by atoms with E-state index in [2.05, 4.69) is 10.6 Å². The van der Waals surface area contributed by atoms with Crippen molar-refractivity contribution in [1.82, 2.24) is 5.32 Å². The summed E-state index contributed by atoms with van der Waals surface area (Å²) in [5, 5.41) is 14.3. The van der Waals surface area contributed by atoms with E-state index >= 15 is 0 Å². The van der Waals surface area contributed by atoms with Crippen molar-refractivity contribution in [3.63, 3.8) is 0 Å². The normalized spacial score (nSPS) is 12.2. The van der Waals surface area contributed by atoms with Gasteiger partial charge in [0, 0.05) is 0 Å². The van der Waals surface area contributed by atoms with Crippen LogP contribution < -0.4 is 10.6 Å². The van der Waals surface area contributed by atoms with Crippen LogP contribution in [0.3, 0.4) is 0 Å². The van der Waals surface area contributed by atoms with Crippen LogP contribution in [0.25, 0.3) is 0 Å². The molecule has 3 N–H and O–H groups in total. The monoisotopic (exact) mass is 272 g/mol. The first-order valence-electron chi connectivity index (χ1n) is 6.17. The summed E-state index contributed by atoms with van der Waals surface area (Å²) >= 11 is 0. The van der Waals surface area contributed by atoms with E-state index in [0.717, 1.165) is 12.1 Å². The van der Waals surface area contributed by atoms with Gasteiger partial charge in [-0.2, -0.15) is 0 Å². The molecule has 1 amide bonds. The smallest absolute Gasteiger partial charge is 0.238 e. The van der Waals surface area contributed by atoms with Gasteiger partial charge in [-0.05, 0) is 31.5 Å². The van der Waals surface area contributed by atoms with Crippen LogP contribution in [0, 0.1) is 11.6 Å². The third-order valence-electron chi connectivity index (χ3n) is 2.64. The van der Waals surface area contributed by atoms with Gasteiger partial charge in [-0.3, -0.25) is 4.79 Å². The minimum Gasteiger partial charge on any atom is -0.393 e. The first-order chi connectivity index (χ1) is 9.04. The molecule has 19 heavy (non-hydrogen) atoms. The molecular formula is C13H18F2N2O2. The van der Waals surface area contributed by atoms with Crippen LogP contribution in [-0.2, 0) is 4.79 Å². The van der Waals surface area contributed by atoms with E-state index in [1.165, 1.54) is 6.07 Å². The van der Waals surface area contributed by atoms with Gasteiger partial charge in [-0.1, -0.05) is 13.0 Å². The van der Waals surface area contributed by atoms with Crippen LogP contribution in [0.4, 0.5) is 14.5 Å². The zero-order valence-electron chi connectivity index (χ0n) is 10.7. The molecule has 0 aliphatic heterocycles. The van der Waals surface area contributed by atoms with Gasteiger partial charge in [-0.15, -0.1) is 0 Å². The highest BCUT2D eigenvalue weighted by atomic mass is 19.1. The van der Waals surface area contributed by atoms with Crippen molar-refractivity contribution in [2.75, 3.05) is 18.4 Å². The highest BCUT2D eigenvalue weighted by molar-refractivity contribution is 5.92. The Labute approximate surface area is 110 Å². The number of amides is 1. The molecule has 4 nitrogen and oxygen atoms in total. The van der Waals surface area contributed by atoms with Crippen molar-refractivity contribution >= 4 is 11.6 Å². The highest BCUT2D eigenvalue weighted by Gasteiger charge is 2.11. The number of hydrogen-bond acceptors (Lipinski definition) is 3. The number of rotatable bonds is 7. The molecule has 1 atom stereocenters. The van der Waals surface area contributed by atoms with Crippen LogP contribution in [-0.4, -0.2) is 30.2 Å². The van der Waals surface area contributed by atoms with E-state index < -0.39 is 29.3 Å². The first kappa shape index (κ1) is 15.5. The number of para-hydroxylation sites is 1. The van der Waals surface area contributed by atoms with Gasteiger partial charge < -0.3 is 15.7 Å². The molecule has 0 bridgehead atoms. The summed E-state index contributed by atoms with van der Waals surface area (Å²) in [4.78, 5) is 11.5. The Hall–Kier alpha value is -1.53. The molecule has 1 unspecified atom stereocenters. The Morgan fingerprint density at radius 3 is 2.58 bits per heavy atom. The Morgan fingerprint density at radius 2 is 2.00 bits per heavy atom. The number of carbonyl (C=O) groups excluding carboxylic acids is 1. The number of benzene rings is 1. The lowest BCUT2D eigenvalue weighted by Crippen LogP contribution is -2.30. The molecule has 0 saturated carbocycles. The summed E-state index contributed by atoms with van der Waals surface area (Å²) in [5.74, 6) is -2.15. The summed E-state index contributed by atoms with van der Waals surface area (Å²) < 4.78 is 26.5. The Morgan fingerprint density at radius 1 is 1.37 bits per heavy atom. The Bertz CT molecular complexity index is 407. The molecule has 0 saturated heterocycles. The topological polar surface area (TPSA) is 61.4 Å². The van der Waals surface area contributed by atoms with E-state index in [-0.39, 0.29) is 6.54 Å². The molecule has 0 aromatic heterocycles. The zero-order valence-corrected chi connectivity index (χ0v) is 10.7. The van der Waals surface area contributed by atoms with Crippen molar-refractivity contribution in [1.29, 1.82) is 0 Å². The van der Waals surface area contributed by atoms with Gasteiger partial charge in [0.15, 0.2) is 0 Å². The van der Waals surface area contributed by atoms with E-state index in [4.69, 9.17) is 0 Å². The fourth-order valence-electron chi connectivity index (χ4n) is 1.48. The maximum absolute atomic E-state index is 13.2. The van der Waals surface area contributed by atoms with Crippen molar-refractivity contribution in [2.45, 2.75) is 25.9 Å². The lowest BCUT2D eigenvalue weighted by molar-refractivity contribution is -0.115. The summed E-state index contributed by atoms with van der Waals surface area (Å²) in [6, 6.07) is 3.37. The molecule has 1 aromatic carbocycles. The Kier molecular flexibility index (Phi) is 6.38. The molecule has 0 spiro atoms. The summed E-state index contributed by atoms with van der Waals surface area (Å²) in [5.41, 5.74) is -0.442. The molecule has 0 radical (unpaired) electrons. The van der Waals surface area contributed by atoms with Gasteiger partial charge in [0.2, 0.25) is 5.91 Å². The molecule has 1 aromatic rings. The van der Waals surface area contributed by atoms with Crippen LogP contribution in [0.1, 0.15) is 19.8 Å². The lowest BCUT2D eigenvalue weighted by Gasteiger charge is -2.10. The molecule has 6 heteroatoms. The SMILES string of the molecule is CCC(O)CCNCC(=O)Nc1c(F)cccc1F. The van der Waals surface area contributed by atoms with E-state index in [0.29, 0.717) is 19.4 Å². The molecule has 106 valence electrons. The number of hydrogen-bond donors (Lipinski definition) is 3. The van der Waals surface area contributed by atoms with Crippen LogP contribution in [0.2, 0.25) is 0 Å². The van der Waals surface area contributed by atoms with E-state index in [1.807, 2.05) is 6.92 Å². The van der Waals surface area contributed by atoms with Gasteiger partial charge in [0.1, 0.15) is 17.3 Å². The van der Waals surface area contributed by atoms with Gasteiger partial charge in [0.25, 0.3) is 0 Å². The zero-order chi connectivity index (χ0) is 14.3. The fourth-order valence-corrected chi connectivity index (χ4v) is 1.48. The maximum Gasteiger partial charge on any atom is 0.238 e. The maximum atomic E-state index is 13.2. The minimum atomic E-state index is -0.810. The lowest BCUT2D eigenvalue weighted by atomic mass is 10.2. The van der Waals surface area contributed by atoms with Crippen LogP contribution in [0.5, 0.6) is 0 Å². The largest absolute Gasteiger partial charge is 0.393 e. The summed E-state index contributed by atoms with van der Waals surface area (Å²) in [7, 11) is 0. The average Bonchev–Trinajstić information content (AvgIpc) is 2.39. The minimum absolute atomic E-state index is 0.0653. The van der Waals surface area contributed by atoms with Crippen molar-refractivity contribution in [2.24, 2.45) is 0 Å². The number of aliphatic hydroxyl groups is 1. The second-order valence-electron chi connectivity index (χ2n) is 4.17. The van der Waals surface area contributed by atoms with Crippen molar-refractivity contribution < 1.29 is 18.7 Å². The van der Waals surface area contributed by atoms with Crippen LogP contribution >= 0.6 is 0 Å². The van der Waals surface area contributed by atoms with E-state index in [9.17, 15) is 18.7 Å². The second kappa shape index (κ2) is 7.81. The Balaban J connectivity index is 2.35. The quantitative estimate of drug-likeness (QED) is 0.661. The number of halogens is 2. The summed E-state index contributed by atoms with van der Waals surface area (Å²) in [6.07, 6.45) is 0.770. The molecule has 1 rings (SSSR count). The standard InChI is InChI=1S/C13H18F2N2O2/c1-2-9(18)6-7-16-8-12(19)17-13-10(14)4-3-5-11(13)15/h3-5,9,16,18H,2,6-8H2,1H3,(H,17,19). The van der Waals surface area contributed by atoms with Crippen LogP contribution in [0.15, 0.2) is 18.2 Å². The van der Waals surface area contributed by atoms with Gasteiger partial charge >= 0.3 is 0 Å². The predicted molar refractivity (Wildman–Crippen MR) is 68.8 cm³/mol. The molecule has 0 aliphatic rings. The number of nitrogens with one attached hydrogen (secondary N) is 2. The van der Waals surface area contributed by atoms with Crippen molar-refractivity contribution in [3.05, 3.63) is 29.8 Å². The number of anilines is 1. The summed E-state index contributed by atoms with van der Waals surface area (Å²) in [6.45, 7) is 2.25. The molecule has 0 aliphatic carbocycles. The van der Waals surface area contributed by atoms with E-state index in [1.54, 1.807) is 0 Å². The van der Waals surface area contributed by atoms with Crippen molar-refractivity contribution in [3.8, 4) is 0 Å². The third-order valence-corrected chi connectivity index (χ3v) is 2.64. The number of aliphatic hydroxyl groups excluding tert-OH is 1. The first-order valence-corrected chi connectivity index (χ1v) is 6.17. The predicted octanol–water partition coefficient (Wildman–Crippen LogP) is 1.65. The average molecular weight is 272 g/mol. The molecule has 0 fully saturated rings. The molecule has 0 heterocycles.